The number of hydrogen-bond acceptors (Lipinski definition) is 7. The molecule has 3 aromatic rings. The van der Waals surface area contributed by atoms with Crippen LogP contribution in [-0.4, -0.2) is 45.5 Å². The van der Waals surface area contributed by atoms with Gasteiger partial charge in [0.15, 0.2) is 0 Å². The minimum Gasteiger partial charge on any atom is -0.480 e. The van der Waals surface area contributed by atoms with Crippen molar-refractivity contribution >= 4 is 23.8 Å². The lowest BCUT2D eigenvalue weighted by molar-refractivity contribution is -0.144. The van der Waals surface area contributed by atoms with E-state index >= 15 is 0 Å². The second kappa shape index (κ2) is 8.62. The molecule has 0 bridgehead atoms. The van der Waals surface area contributed by atoms with E-state index in [-0.39, 0.29) is 24.0 Å². The quantitative estimate of drug-likeness (QED) is 0.504. The number of carboxylic acids is 1. The highest BCUT2D eigenvalue weighted by Gasteiger charge is 2.43. The van der Waals surface area contributed by atoms with E-state index in [4.69, 9.17) is 4.74 Å². The van der Waals surface area contributed by atoms with Gasteiger partial charge in [0.2, 0.25) is 11.5 Å². The minimum absolute atomic E-state index is 0.0782. The maximum absolute atomic E-state index is 12.7. The van der Waals surface area contributed by atoms with E-state index in [1.165, 1.54) is 0 Å². The Morgan fingerprint density at radius 3 is 2.24 bits per heavy atom. The highest BCUT2D eigenvalue weighted by molar-refractivity contribution is 6.02. The van der Waals surface area contributed by atoms with Gasteiger partial charge in [0.25, 0.3) is 5.91 Å². The van der Waals surface area contributed by atoms with Crippen molar-refractivity contribution in [2.45, 2.75) is 37.1 Å². The van der Waals surface area contributed by atoms with Gasteiger partial charge in [-0.3, -0.25) is 10.1 Å². The predicted octanol–water partition coefficient (Wildman–Crippen LogP) is 3.56. The van der Waals surface area contributed by atoms with Gasteiger partial charge < -0.3 is 15.2 Å². The summed E-state index contributed by atoms with van der Waals surface area (Å²) in [7, 11) is 0. The third kappa shape index (κ3) is 3.76. The number of nitrogens with zero attached hydrogens (tertiary/aromatic N) is 2. The van der Waals surface area contributed by atoms with Gasteiger partial charge in [0.1, 0.15) is 12.1 Å². The van der Waals surface area contributed by atoms with Crippen LogP contribution < -0.4 is 10.6 Å². The van der Waals surface area contributed by atoms with Crippen LogP contribution in [0.4, 0.5) is 10.6 Å². The number of rotatable bonds is 6. The third-order valence-corrected chi connectivity index (χ3v) is 6.49. The molecule has 1 heterocycles. The number of carboxylic acid groups (broad SMARTS) is 1. The number of ether oxygens (including phenoxy) is 1. The van der Waals surface area contributed by atoms with Gasteiger partial charge in [-0.05, 0) is 45.4 Å². The van der Waals surface area contributed by atoms with Crippen molar-refractivity contribution in [3.8, 4) is 11.1 Å². The average molecular weight is 462 g/mol. The van der Waals surface area contributed by atoms with Crippen LogP contribution in [0.5, 0.6) is 0 Å². The fourth-order valence-corrected chi connectivity index (χ4v) is 4.80. The average Bonchev–Trinajstić information content (AvgIpc) is 3.56. The van der Waals surface area contributed by atoms with Crippen LogP contribution in [0.3, 0.4) is 0 Å². The summed E-state index contributed by atoms with van der Waals surface area (Å²) >= 11 is 0. The van der Waals surface area contributed by atoms with E-state index in [1.807, 2.05) is 48.5 Å². The van der Waals surface area contributed by atoms with Crippen LogP contribution in [-0.2, 0) is 9.53 Å². The monoisotopic (exact) mass is 462 g/mol. The van der Waals surface area contributed by atoms with E-state index in [0.717, 1.165) is 22.3 Å². The molecule has 0 aliphatic heterocycles. The van der Waals surface area contributed by atoms with Crippen LogP contribution in [0.25, 0.3) is 11.1 Å². The van der Waals surface area contributed by atoms with Crippen molar-refractivity contribution < 1.29 is 28.9 Å². The molecule has 2 aliphatic carbocycles. The Bertz CT molecular complexity index is 1220. The molecule has 34 heavy (non-hydrogen) atoms. The first kappa shape index (κ1) is 21.6. The summed E-state index contributed by atoms with van der Waals surface area (Å²) in [4.78, 5) is 36.9. The highest BCUT2D eigenvalue weighted by Crippen LogP contribution is 2.44. The van der Waals surface area contributed by atoms with Crippen molar-refractivity contribution in [2.75, 3.05) is 11.9 Å². The molecule has 0 spiro atoms. The number of nitrogens with one attached hydrogen (secondary N) is 2. The molecular weight excluding hydrogens is 440 g/mol. The normalized spacial score (nSPS) is 15.9. The number of aliphatic carboxylic acids is 1. The first-order chi connectivity index (χ1) is 16.5. The van der Waals surface area contributed by atoms with Gasteiger partial charge in [-0.15, -0.1) is 0 Å². The van der Waals surface area contributed by atoms with Gasteiger partial charge >= 0.3 is 12.1 Å². The number of hydrogen-bond donors (Lipinski definition) is 3. The largest absolute Gasteiger partial charge is 0.480 e. The zero-order valence-electron chi connectivity index (χ0n) is 18.1. The molecule has 3 N–H and O–H groups in total. The number of carbonyl (C=O) groups excluding carboxylic acids is 2. The molecule has 1 saturated carbocycles. The summed E-state index contributed by atoms with van der Waals surface area (Å²) in [5.74, 6) is -2.28. The second-order valence-corrected chi connectivity index (χ2v) is 8.46. The van der Waals surface area contributed by atoms with Gasteiger partial charge in [0, 0.05) is 5.92 Å². The molecule has 0 saturated heterocycles. The maximum Gasteiger partial charge on any atom is 0.412 e. The Balaban J connectivity index is 1.26. The topological polar surface area (TPSA) is 144 Å². The summed E-state index contributed by atoms with van der Waals surface area (Å²) in [6.07, 6.45) is 1.17. The molecular formula is C24H22N4O6. The smallest absolute Gasteiger partial charge is 0.412 e. The minimum atomic E-state index is -1.36. The lowest BCUT2D eigenvalue weighted by Gasteiger charge is -2.24. The Morgan fingerprint density at radius 2 is 1.62 bits per heavy atom. The summed E-state index contributed by atoms with van der Waals surface area (Å²) in [5.41, 5.74) is 2.65. The molecule has 0 unspecified atom stereocenters. The summed E-state index contributed by atoms with van der Waals surface area (Å²) < 4.78 is 10.1. The number of anilines is 1. The lowest BCUT2D eigenvalue weighted by Crippen LogP contribution is -2.52. The van der Waals surface area contributed by atoms with Crippen molar-refractivity contribution in [1.82, 2.24) is 15.6 Å². The van der Waals surface area contributed by atoms with Crippen molar-refractivity contribution in [2.24, 2.45) is 0 Å². The third-order valence-electron chi connectivity index (χ3n) is 6.49. The van der Waals surface area contributed by atoms with Crippen LogP contribution >= 0.6 is 0 Å². The van der Waals surface area contributed by atoms with E-state index in [1.54, 1.807) is 0 Å². The zero-order chi connectivity index (χ0) is 23.7. The fourth-order valence-electron chi connectivity index (χ4n) is 4.80. The Morgan fingerprint density at radius 1 is 1.00 bits per heavy atom. The molecule has 1 fully saturated rings. The number of aromatic nitrogens is 2. The van der Waals surface area contributed by atoms with Crippen LogP contribution in [0.15, 0.2) is 53.2 Å². The molecule has 2 amide bonds. The molecule has 2 aliphatic rings. The predicted molar refractivity (Wildman–Crippen MR) is 119 cm³/mol. The number of fused-ring (bicyclic) bond motifs is 3. The summed E-state index contributed by atoms with van der Waals surface area (Å²) in [6, 6.07) is 15.9. The second-order valence-electron chi connectivity index (χ2n) is 8.46. The standard InChI is InChI=1S/C24H22N4O6/c29-21(26-24(22(30)31)11-5-6-12-24)19-20(28-34-27-19)25-23(32)33-13-18-16-9-3-1-7-14(16)15-8-2-4-10-17(15)18/h1-4,7-10,18H,5-6,11-13H2,(H,26,29)(H,30,31)(H,25,28,32). The van der Waals surface area contributed by atoms with Gasteiger partial charge in [-0.2, -0.15) is 0 Å². The van der Waals surface area contributed by atoms with E-state index in [9.17, 15) is 19.5 Å². The molecule has 5 rings (SSSR count). The Kier molecular flexibility index (Phi) is 5.48. The van der Waals surface area contributed by atoms with Crippen molar-refractivity contribution in [1.29, 1.82) is 0 Å². The first-order valence-corrected chi connectivity index (χ1v) is 11.0. The Hall–Kier alpha value is -4.21. The van der Waals surface area contributed by atoms with Crippen molar-refractivity contribution in [3.05, 3.63) is 65.4 Å². The van der Waals surface area contributed by atoms with Gasteiger partial charge in [-0.1, -0.05) is 61.4 Å². The van der Waals surface area contributed by atoms with Crippen LogP contribution in [0.1, 0.15) is 53.2 Å². The van der Waals surface area contributed by atoms with E-state index in [2.05, 4.69) is 25.6 Å². The number of carbonyl (C=O) groups is 3. The van der Waals surface area contributed by atoms with E-state index in [0.29, 0.717) is 25.7 Å². The lowest BCUT2D eigenvalue weighted by atomic mass is 9.97. The van der Waals surface area contributed by atoms with Gasteiger partial charge in [-0.25, -0.2) is 14.2 Å². The first-order valence-electron chi connectivity index (χ1n) is 11.0. The zero-order valence-corrected chi connectivity index (χ0v) is 18.1. The van der Waals surface area contributed by atoms with Crippen molar-refractivity contribution in [3.63, 3.8) is 0 Å². The SMILES string of the molecule is O=C(Nc1nonc1C(=O)NC1(C(=O)O)CCCC1)OCC1c2ccccc2-c2ccccc21. The summed E-state index contributed by atoms with van der Waals surface area (Å²) in [6.45, 7) is 0.0782. The van der Waals surface area contributed by atoms with E-state index < -0.39 is 23.5 Å². The molecule has 2 aromatic carbocycles. The fraction of sp³-hybridized carbons (Fsp3) is 0.292. The maximum atomic E-state index is 12.7. The highest BCUT2D eigenvalue weighted by atomic mass is 16.6. The molecule has 174 valence electrons. The Labute approximate surface area is 194 Å². The molecule has 10 nitrogen and oxygen atoms in total. The van der Waals surface area contributed by atoms with Crippen LogP contribution in [0.2, 0.25) is 0 Å². The summed E-state index contributed by atoms with van der Waals surface area (Å²) in [5, 5.41) is 21.6. The molecule has 1 aromatic heterocycles. The molecule has 10 heteroatoms. The van der Waals surface area contributed by atoms with Crippen LogP contribution in [0, 0.1) is 0 Å². The number of benzene rings is 2. The molecule has 0 atom stereocenters. The molecule has 0 radical (unpaired) electrons. The van der Waals surface area contributed by atoms with Gasteiger partial charge in [0.05, 0.1) is 0 Å². The number of amides is 2.